The minimum Gasteiger partial charge on any atom is -0.379 e. The summed E-state index contributed by atoms with van der Waals surface area (Å²) in [5.74, 6) is 1.40. The molecule has 5 rings (SSSR count). The Morgan fingerprint density at radius 1 is 1.06 bits per heavy atom. The van der Waals surface area contributed by atoms with Gasteiger partial charge in [0.05, 0.1) is 23.7 Å². The number of piperazine rings is 1. The molecular formula is C24H27N7O3S. The number of hydrogen-bond acceptors (Lipinski definition) is 8. The van der Waals surface area contributed by atoms with Gasteiger partial charge in [-0.2, -0.15) is 9.57 Å². The fraction of sp³-hybridized carbons (Fsp3) is 0.333. The van der Waals surface area contributed by atoms with E-state index in [-0.39, 0.29) is 4.90 Å². The molecule has 2 fully saturated rings. The number of morpholine rings is 1. The maximum absolute atomic E-state index is 13.0. The number of hydrogen-bond donors (Lipinski definition) is 3. The van der Waals surface area contributed by atoms with E-state index in [1.165, 1.54) is 4.31 Å². The predicted molar refractivity (Wildman–Crippen MR) is 133 cm³/mol. The maximum Gasteiger partial charge on any atom is 0.243 e. The fourth-order valence-corrected chi connectivity index (χ4v) is 5.76. The van der Waals surface area contributed by atoms with Crippen molar-refractivity contribution in [3.05, 3.63) is 54.2 Å². The van der Waals surface area contributed by atoms with Gasteiger partial charge in [0, 0.05) is 62.4 Å². The number of ether oxygens (including phenoxy) is 1. The number of sulfonamides is 1. The molecule has 3 N–H and O–H groups in total. The molecule has 0 bridgehead atoms. The van der Waals surface area contributed by atoms with Crippen LogP contribution in [0.3, 0.4) is 0 Å². The molecule has 0 saturated carbocycles. The van der Waals surface area contributed by atoms with E-state index in [1.54, 1.807) is 30.5 Å². The van der Waals surface area contributed by atoms with Crippen molar-refractivity contribution < 1.29 is 13.2 Å². The zero-order valence-corrected chi connectivity index (χ0v) is 20.0. The third-order valence-corrected chi connectivity index (χ3v) is 8.03. The Labute approximate surface area is 204 Å². The number of benzene rings is 1. The molecular weight excluding hydrogens is 466 g/mol. The van der Waals surface area contributed by atoms with Gasteiger partial charge in [0.2, 0.25) is 10.0 Å². The Morgan fingerprint density at radius 2 is 1.86 bits per heavy atom. The van der Waals surface area contributed by atoms with Crippen LogP contribution >= 0.6 is 0 Å². The van der Waals surface area contributed by atoms with Crippen LogP contribution in [0.1, 0.15) is 5.56 Å². The van der Waals surface area contributed by atoms with E-state index >= 15 is 0 Å². The average Bonchev–Trinajstić information content (AvgIpc) is 3.35. The molecule has 2 aromatic heterocycles. The summed E-state index contributed by atoms with van der Waals surface area (Å²) in [6.45, 7) is 4.92. The lowest BCUT2D eigenvalue weighted by Gasteiger charge is -2.28. The highest BCUT2D eigenvalue weighted by molar-refractivity contribution is 7.89. The first-order chi connectivity index (χ1) is 17.0. The zero-order valence-electron chi connectivity index (χ0n) is 19.2. The number of pyridine rings is 1. The highest BCUT2D eigenvalue weighted by Gasteiger charge is 2.26. The smallest absolute Gasteiger partial charge is 0.243 e. The molecule has 2 aliphatic heterocycles. The van der Waals surface area contributed by atoms with Crippen molar-refractivity contribution >= 4 is 27.3 Å². The number of nitrogens with one attached hydrogen (secondary N) is 3. The van der Waals surface area contributed by atoms with Crippen molar-refractivity contribution in [1.82, 2.24) is 19.6 Å². The van der Waals surface area contributed by atoms with Crippen molar-refractivity contribution in [2.24, 2.45) is 0 Å². The number of anilines is 3. The maximum atomic E-state index is 13.0. The van der Waals surface area contributed by atoms with Gasteiger partial charge in [-0.25, -0.2) is 13.4 Å². The van der Waals surface area contributed by atoms with Crippen LogP contribution in [-0.2, 0) is 14.8 Å². The summed E-state index contributed by atoms with van der Waals surface area (Å²) < 4.78 is 32.8. The molecule has 0 radical (unpaired) electrons. The van der Waals surface area contributed by atoms with E-state index in [0.717, 1.165) is 43.3 Å². The van der Waals surface area contributed by atoms with Gasteiger partial charge in [-0.05, 0) is 36.4 Å². The molecule has 2 saturated heterocycles. The minimum absolute atomic E-state index is 0.226. The minimum atomic E-state index is -3.60. The highest BCUT2D eigenvalue weighted by atomic mass is 32.2. The second kappa shape index (κ2) is 10.1. The molecule has 0 amide bonds. The lowest BCUT2D eigenvalue weighted by molar-refractivity contribution is 0.0730. The SMILES string of the molecule is N#Cc1cc(-c2ccnc(Nc3cccc(S(=O)(=O)N4CCOCC4)c3)c2)[nH]c1N1CCNCC1. The van der Waals surface area contributed by atoms with Crippen LogP contribution < -0.4 is 15.5 Å². The standard InChI is InChI=1S/C24H27N7O3S/c25-17-19-14-22(29-24(19)30-8-6-26-7-9-30)18-4-5-27-23(15-18)28-20-2-1-3-21(16-20)35(32,33)31-10-12-34-13-11-31/h1-5,14-16,26,29H,6-13H2,(H,27,28). The molecule has 4 heterocycles. The van der Waals surface area contributed by atoms with Crippen molar-refractivity contribution in [2.75, 3.05) is 62.7 Å². The Kier molecular flexibility index (Phi) is 6.70. The first-order valence-corrected chi connectivity index (χ1v) is 13.0. The Balaban J connectivity index is 1.37. The molecule has 3 aromatic rings. The number of rotatable bonds is 6. The molecule has 11 heteroatoms. The number of aromatic amines is 1. The van der Waals surface area contributed by atoms with Crippen molar-refractivity contribution in [1.29, 1.82) is 5.26 Å². The average molecular weight is 494 g/mol. The Morgan fingerprint density at radius 3 is 2.63 bits per heavy atom. The van der Waals surface area contributed by atoms with Gasteiger partial charge >= 0.3 is 0 Å². The van der Waals surface area contributed by atoms with Crippen LogP contribution in [0.15, 0.2) is 53.6 Å². The largest absolute Gasteiger partial charge is 0.379 e. The summed E-state index contributed by atoms with van der Waals surface area (Å²) in [6, 6.07) is 14.6. The first kappa shape index (κ1) is 23.3. The highest BCUT2D eigenvalue weighted by Crippen LogP contribution is 2.29. The monoisotopic (exact) mass is 493 g/mol. The molecule has 0 spiro atoms. The summed E-state index contributed by atoms with van der Waals surface area (Å²) in [5, 5.41) is 16.2. The molecule has 0 aliphatic carbocycles. The van der Waals surface area contributed by atoms with Gasteiger partial charge in [0.1, 0.15) is 17.7 Å². The molecule has 2 aliphatic rings. The van der Waals surface area contributed by atoms with Gasteiger partial charge in [-0.1, -0.05) is 6.07 Å². The van der Waals surface area contributed by atoms with Gasteiger partial charge in [0.15, 0.2) is 0 Å². The third-order valence-electron chi connectivity index (χ3n) is 6.14. The summed E-state index contributed by atoms with van der Waals surface area (Å²) in [5.41, 5.74) is 2.92. The lowest BCUT2D eigenvalue weighted by Crippen LogP contribution is -2.44. The molecule has 1 aromatic carbocycles. The number of aromatic nitrogens is 2. The van der Waals surface area contributed by atoms with Crippen molar-refractivity contribution in [3.63, 3.8) is 0 Å². The van der Waals surface area contributed by atoms with E-state index in [2.05, 4.69) is 31.6 Å². The van der Waals surface area contributed by atoms with E-state index in [1.807, 2.05) is 18.2 Å². The fourth-order valence-electron chi connectivity index (χ4n) is 4.31. The normalized spacial score (nSPS) is 17.2. The van der Waals surface area contributed by atoms with Crippen LogP contribution in [0, 0.1) is 11.3 Å². The van der Waals surface area contributed by atoms with E-state index in [9.17, 15) is 13.7 Å². The summed E-state index contributed by atoms with van der Waals surface area (Å²) >= 11 is 0. The summed E-state index contributed by atoms with van der Waals surface area (Å²) in [4.78, 5) is 10.2. The van der Waals surface area contributed by atoms with Gasteiger partial charge in [-0.15, -0.1) is 0 Å². The van der Waals surface area contributed by atoms with Crippen LogP contribution in [0.25, 0.3) is 11.3 Å². The van der Waals surface area contributed by atoms with Crippen LogP contribution in [0.4, 0.5) is 17.3 Å². The van der Waals surface area contributed by atoms with Gasteiger partial charge in [-0.3, -0.25) is 0 Å². The topological polar surface area (TPSA) is 126 Å². The molecule has 10 nitrogen and oxygen atoms in total. The molecule has 35 heavy (non-hydrogen) atoms. The van der Waals surface area contributed by atoms with E-state index in [0.29, 0.717) is 43.4 Å². The Hall–Kier alpha value is -3.43. The van der Waals surface area contributed by atoms with Crippen molar-refractivity contribution in [2.45, 2.75) is 4.90 Å². The number of H-pyrrole nitrogens is 1. The Bertz CT molecular complexity index is 1340. The molecule has 0 atom stereocenters. The predicted octanol–water partition coefficient (Wildman–Crippen LogP) is 2.12. The van der Waals surface area contributed by atoms with Gasteiger partial charge in [0.25, 0.3) is 0 Å². The van der Waals surface area contributed by atoms with Crippen LogP contribution in [-0.4, -0.2) is 75.2 Å². The van der Waals surface area contributed by atoms with Gasteiger partial charge < -0.3 is 25.3 Å². The number of nitrogens with zero attached hydrogens (tertiary/aromatic N) is 4. The summed E-state index contributed by atoms with van der Waals surface area (Å²) in [6.07, 6.45) is 1.68. The molecule has 182 valence electrons. The second-order valence-electron chi connectivity index (χ2n) is 8.39. The van der Waals surface area contributed by atoms with Crippen LogP contribution in [0.2, 0.25) is 0 Å². The first-order valence-electron chi connectivity index (χ1n) is 11.5. The third kappa shape index (κ3) is 5.01. The van der Waals surface area contributed by atoms with Crippen molar-refractivity contribution in [3.8, 4) is 17.3 Å². The zero-order chi connectivity index (χ0) is 24.3. The van der Waals surface area contributed by atoms with E-state index in [4.69, 9.17) is 4.74 Å². The van der Waals surface area contributed by atoms with Crippen LogP contribution in [0.5, 0.6) is 0 Å². The summed E-state index contributed by atoms with van der Waals surface area (Å²) in [7, 11) is -3.60. The molecule has 0 unspecified atom stereocenters. The van der Waals surface area contributed by atoms with E-state index < -0.39 is 10.0 Å². The lowest BCUT2D eigenvalue weighted by atomic mass is 10.2. The quantitative estimate of drug-likeness (QED) is 0.477. The second-order valence-corrected chi connectivity index (χ2v) is 10.3. The number of nitriles is 1.